The smallest absolute Gasteiger partial charge is 0.324 e. The second-order valence-electron chi connectivity index (χ2n) is 8.98. The Balaban J connectivity index is 1.29. The summed E-state index contributed by atoms with van der Waals surface area (Å²) in [7, 11) is 1.68. The van der Waals surface area contributed by atoms with Crippen molar-refractivity contribution in [2.45, 2.75) is 19.8 Å². The Morgan fingerprint density at radius 2 is 1.77 bits per heavy atom. The molecule has 0 spiro atoms. The van der Waals surface area contributed by atoms with E-state index in [9.17, 15) is 18.8 Å². The van der Waals surface area contributed by atoms with Gasteiger partial charge in [0, 0.05) is 44.2 Å². The number of amides is 3. The Bertz CT molecular complexity index is 1590. The fraction of sp³-hybridized carbons (Fsp3) is 0.222. The quantitative estimate of drug-likeness (QED) is 0.386. The predicted molar refractivity (Wildman–Crippen MR) is 142 cm³/mol. The van der Waals surface area contributed by atoms with Gasteiger partial charge in [-0.15, -0.1) is 0 Å². The maximum Gasteiger partial charge on any atom is 0.324 e. The van der Waals surface area contributed by atoms with E-state index in [4.69, 9.17) is 4.74 Å². The zero-order valence-electron chi connectivity index (χ0n) is 21.3. The van der Waals surface area contributed by atoms with Crippen molar-refractivity contribution in [2.75, 3.05) is 23.7 Å². The van der Waals surface area contributed by atoms with Crippen molar-refractivity contribution in [3.8, 4) is 17.3 Å². The van der Waals surface area contributed by atoms with Gasteiger partial charge in [-0.2, -0.15) is 4.98 Å². The second-order valence-corrected chi connectivity index (χ2v) is 8.98. The van der Waals surface area contributed by atoms with Gasteiger partial charge in [-0.05, 0) is 44.0 Å². The molecule has 1 saturated heterocycles. The average Bonchev–Trinajstić information content (AvgIpc) is 3.53. The van der Waals surface area contributed by atoms with E-state index < -0.39 is 17.3 Å². The maximum absolute atomic E-state index is 14.9. The molecule has 200 valence electrons. The summed E-state index contributed by atoms with van der Waals surface area (Å²) in [5.74, 6) is -1.51. The van der Waals surface area contributed by atoms with E-state index in [1.165, 1.54) is 29.1 Å². The van der Waals surface area contributed by atoms with Crippen LogP contribution < -0.4 is 20.9 Å². The third kappa shape index (κ3) is 5.35. The van der Waals surface area contributed by atoms with Crippen LogP contribution in [0.5, 0.6) is 11.6 Å². The molecular formula is C27H26FN7O4. The van der Waals surface area contributed by atoms with Gasteiger partial charge in [0.2, 0.25) is 11.8 Å². The number of benzene rings is 2. The van der Waals surface area contributed by atoms with E-state index in [-0.39, 0.29) is 34.9 Å². The summed E-state index contributed by atoms with van der Waals surface area (Å²) in [5, 5.41) is 5.19. The number of hydrogen-bond acceptors (Lipinski definition) is 6. The highest BCUT2D eigenvalue weighted by Gasteiger charge is 2.23. The van der Waals surface area contributed by atoms with Crippen LogP contribution in [0.3, 0.4) is 0 Å². The van der Waals surface area contributed by atoms with Crippen molar-refractivity contribution >= 4 is 23.6 Å². The minimum Gasteiger partial charge on any atom is -0.436 e. The molecule has 3 heterocycles. The lowest BCUT2D eigenvalue weighted by Gasteiger charge is -2.15. The van der Waals surface area contributed by atoms with Gasteiger partial charge in [0.05, 0.1) is 11.4 Å². The predicted octanol–water partition coefficient (Wildman–Crippen LogP) is 4.09. The molecule has 1 aliphatic rings. The lowest BCUT2D eigenvalue weighted by atomic mass is 10.2. The zero-order chi connectivity index (χ0) is 27.5. The van der Waals surface area contributed by atoms with Crippen LogP contribution in [0.1, 0.15) is 28.9 Å². The van der Waals surface area contributed by atoms with Crippen LogP contribution in [-0.4, -0.2) is 49.3 Å². The number of halogens is 1. The van der Waals surface area contributed by atoms with Crippen LogP contribution in [0.4, 0.5) is 20.8 Å². The minimum atomic E-state index is -0.763. The molecule has 1 fully saturated rings. The fourth-order valence-electron chi connectivity index (χ4n) is 4.35. The Morgan fingerprint density at radius 1 is 1.03 bits per heavy atom. The molecule has 0 aliphatic carbocycles. The summed E-state index contributed by atoms with van der Waals surface area (Å²) in [6.45, 7) is 3.00. The number of hydrogen-bond donors (Lipinski definition) is 2. The van der Waals surface area contributed by atoms with E-state index in [1.807, 2.05) is 6.07 Å². The summed E-state index contributed by atoms with van der Waals surface area (Å²) in [5.41, 5.74) is 0.670. The summed E-state index contributed by atoms with van der Waals surface area (Å²) in [4.78, 5) is 48.2. The zero-order valence-corrected chi connectivity index (χ0v) is 21.3. The third-order valence-corrected chi connectivity index (χ3v) is 6.43. The molecule has 3 amide bonds. The first-order valence-electron chi connectivity index (χ1n) is 12.3. The first-order valence-corrected chi connectivity index (χ1v) is 12.3. The number of ether oxygens (including phenoxy) is 1. The van der Waals surface area contributed by atoms with E-state index >= 15 is 0 Å². The molecule has 4 aromatic rings. The minimum absolute atomic E-state index is 0.0266. The van der Waals surface area contributed by atoms with Gasteiger partial charge in [-0.1, -0.05) is 18.2 Å². The molecule has 5 rings (SSSR count). The summed E-state index contributed by atoms with van der Waals surface area (Å²) >= 11 is 0. The van der Waals surface area contributed by atoms with Crippen molar-refractivity contribution in [3.63, 3.8) is 0 Å². The van der Waals surface area contributed by atoms with Crippen LogP contribution in [-0.2, 0) is 7.05 Å². The SMILES string of the molecule is Cc1c(C(=O)Nc2ccc(Oc3ccnc(NC(=O)N4CCCC4)n3)c(F)c2)c(=O)n(-c2ccccc2)n1C. The Hall–Kier alpha value is -5.00. The van der Waals surface area contributed by atoms with E-state index in [0.717, 1.165) is 18.9 Å². The lowest BCUT2D eigenvalue weighted by Crippen LogP contribution is -2.32. The summed E-state index contributed by atoms with van der Waals surface area (Å²) in [6, 6.07) is 13.9. The molecule has 2 aromatic carbocycles. The molecule has 12 heteroatoms. The van der Waals surface area contributed by atoms with Crippen molar-refractivity contribution in [1.82, 2.24) is 24.2 Å². The van der Waals surface area contributed by atoms with Gasteiger partial charge in [0.1, 0.15) is 5.56 Å². The number of urea groups is 1. The molecule has 11 nitrogen and oxygen atoms in total. The van der Waals surface area contributed by atoms with Gasteiger partial charge in [0.25, 0.3) is 11.5 Å². The van der Waals surface area contributed by atoms with Crippen molar-refractivity contribution in [2.24, 2.45) is 7.05 Å². The first kappa shape index (κ1) is 25.6. The van der Waals surface area contributed by atoms with Crippen molar-refractivity contribution < 1.29 is 18.7 Å². The lowest BCUT2D eigenvalue weighted by molar-refractivity contribution is 0.102. The number of rotatable bonds is 6. The topological polar surface area (TPSA) is 123 Å². The third-order valence-electron chi connectivity index (χ3n) is 6.43. The van der Waals surface area contributed by atoms with Crippen LogP contribution in [0, 0.1) is 12.7 Å². The van der Waals surface area contributed by atoms with Gasteiger partial charge >= 0.3 is 6.03 Å². The number of anilines is 2. The molecule has 0 unspecified atom stereocenters. The van der Waals surface area contributed by atoms with Crippen molar-refractivity contribution in [1.29, 1.82) is 0 Å². The highest BCUT2D eigenvalue weighted by atomic mass is 19.1. The summed E-state index contributed by atoms with van der Waals surface area (Å²) in [6.07, 6.45) is 3.28. The molecule has 0 bridgehead atoms. The van der Waals surface area contributed by atoms with Gasteiger partial charge in [0.15, 0.2) is 11.6 Å². The maximum atomic E-state index is 14.9. The number of nitrogens with zero attached hydrogens (tertiary/aromatic N) is 5. The van der Waals surface area contributed by atoms with E-state index in [2.05, 4.69) is 20.6 Å². The van der Waals surface area contributed by atoms with Gasteiger partial charge < -0.3 is 15.0 Å². The van der Waals surface area contributed by atoms with Gasteiger partial charge in [-0.3, -0.25) is 19.6 Å². The Kier molecular flexibility index (Phi) is 7.08. The molecule has 0 radical (unpaired) electrons. The van der Waals surface area contributed by atoms with E-state index in [1.54, 1.807) is 47.8 Å². The standard InChI is InChI=1S/C27H26FN7O4/c1-17-23(25(37)35(33(17)2)19-8-4-3-5-9-19)24(36)30-18-10-11-21(20(28)16-18)39-22-12-13-29-26(31-22)32-27(38)34-14-6-7-15-34/h3-5,8-13,16H,6-7,14-15H2,1-2H3,(H,30,36)(H,29,31,32,38). The van der Waals surface area contributed by atoms with Crippen LogP contribution in [0.25, 0.3) is 5.69 Å². The van der Waals surface area contributed by atoms with Crippen LogP contribution >= 0.6 is 0 Å². The molecule has 39 heavy (non-hydrogen) atoms. The second kappa shape index (κ2) is 10.8. The fourth-order valence-corrected chi connectivity index (χ4v) is 4.35. The number of carbonyl (C=O) groups is 2. The van der Waals surface area contributed by atoms with Crippen LogP contribution in [0.15, 0.2) is 65.6 Å². The summed E-state index contributed by atoms with van der Waals surface area (Å²) < 4.78 is 23.4. The molecular weight excluding hydrogens is 505 g/mol. The van der Waals surface area contributed by atoms with Crippen molar-refractivity contribution in [3.05, 3.63) is 88.2 Å². The number of para-hydroxylation sites is 1. The molecule has 0 atom stereocenters. The number of aromatic nitrogens is 4. The highest BCUT2D eigenvalue weighted by molar-refractivity contribution is 6.05. The van der Waals surface area contributed by atoms with Gasteiger partial charge in [-0.25, -0.2) is 18.9 Å². The number of nitrogens with one attached hydrogen (secondary N) is 2. The molecule has 1 aliphatic heterocycles. The number of likely N-dealkylation sites (tertiary alicyclic amines) is 1. The average molecular weight is 532 g/mol. The normalized spacial score (nSPS) is 12.8. The molecule has 2 aromatic heterocycles. The van der Waals surface area contributed by atoms with Crippen LogP contribution in [0.2, 0.25) is 0 Å². The monoisotopic (exact) mass is 531 g/mol. The number of carbonyl (C=O) groups excluding carboxylic acids is 2. The Labute approximate surface area is 222 Å². The largest absolute Gasteiger partial charge is 0.436 e. The first-order chi connectivity index (χ1) is 18.8. The Morgan fingerprint density at radius 3 is 2.49 bits per heavy atom. The van der Waals surface area contributed by atoms with E-state index in [0.29, 0.717) is 24.5 Å². The molecule has 0 saturated carbocycles. The highest BCUT2D eigenvalue weighted by Crippen LogP contribution is 2.26. The molecule has 2 N–H and O–H groups in total.